The van der Waals surface area contributed by atoms with Crippen molar-refractivity contribution >= 4 is 32.6 Å². The van der Waals surface area contributed by atoms with Gasteiger partial charge in [-0.3, -0.25) is 0 Å². The lowest BCUT2D eigenvalue weighted by atomic mass is 9.80. The molecule has 0 radical (unpaired) electrons. The first kappa shape index (κ1) is 27.7. The maximum Gasteiger partial charge on any atom is 0.0541 e. The van der Waals surface area contributed by atoms with Crippen molar-refractivity contribution < 1.29 is 0 Å². The Morgan fingerprint density at radius 3 is 1.70 bits per heavy atom. The summed E-state index contributed by atoms with van der Waals surface area (Å²) in [4.78, 5) is 0. The minimum atomic E-state index is -0.130. The largest absolute Gasteiger partial charge is 0.309 e. The van der Waals surface area contributed by atoms with Gasteiger partial charge in [0.05, 0.1) is 11.0 Å². The van der Waals surface area contributed by atoms with E-state index in [0.29, 0.717) is 0 Å². The van der Waals surface area contributed by atoms with Gasteiger partial charge in [-0.05, 0) is 120 Å². The number of benzene rings is 8. The monoisotopic (exact) mass is 635 g/mol. The summed E-state index contributed by atoms with van der Waals surface area (Å²) in [6.07, 6.45) is 0. The highest BCUT2D eigenvalue weighted by Gasteiger charge is 2.36. The Balaban J connectivity index is 1.02. The molecule has 0 spiro atoms. The second kappa shape index (κ2) is 9.94. The van der Waals surface area contributed by atoms with Crippen LogP contribution in [0.5, 0.6) is 0 Å². The summed E-state index contributed by atoms with van der Waals surface area (Å²) < 4.78 is 2.38. The van der Waals surface area contributed by atoms with Crippen LogP contribution in [0.3, 0.4) is 0 Å². The third-order valence-electron chi connectivity index (χ3n) is 11.6. The van der Waals surface area contributed by atoms with Gasteiger partial charge in [-0.1, -0.05) is 135 Å². The van der Waals surface area contributed by atoms with E-state index in [-0.39, 0.29) is 5.41 Å². The van der Waals surface area contributed by atoms with Crippen LogP contribution in [0.1, 0.15) is 25.0 Å². The lowest BCUT2D eigenvalue weighted by Gasteiger charge is -2.23. The summed E-state index contributed by atoms with van der Waals surface area (Å²) >= 11 is 0. The smallest absolute Gasteiger partial charge is 0.0541 e. The van der Waals surface area contributed by atoms with Crippen LogP contribution in [0.4, 0.5) is 0 Å². The molecular weight excluding hydrogens is 603 g/mol. The molecule has 50 heavy (non-hydrogen) atoms. The third-order valence-corrected chi connectivity index (χ3v) is 11.6. The lowest BCUT2D eigenvalue weighted by molar-refractivity contribution is 0.661. The van der Waals surface area contributed by atoms with Crippen LogP contribution in [0.15, 0.2) is 164 Å². The molecule has 9 aromatic rings. The summed E-state index contributed by atoms with van der Waals surface area (Å²) in [5.74, 6) is 0. The van der Waals surface area contributed by atoms with Crippen molar-refractivity contribution in [3.05, 3.63) is 175 Å². The Bertz CT molecular complexity index is 2850. The molecule has 0 amide bonds. The molecule has 11 rings (SSSR count). The number of rotatable bonds is 3. The van der Waals surface area contributed by atoms with Crippen LogP contribution in [-0.4, -0.2) is 4.57 Å². The summed E-state index contributed by atoms with van der Waals surface area (Å²) in [6, 6.07) is 61.0. The van der Waals surface area contributed by atoms with Gasteiger partial charge >= 0.3 is 0 Å². The molecule has 234 valence electrons. The van der Waals surface area contributed by atoms with Crippen molar-refractivity contribution in [2.24, 2.45) is 0 Å². The van der Waals surface area contributed by atoms with E-state index in [0.717, 1.165) is 0 Å². The summed E-state index contributed by atoms with van der Waals surface area (Å²) in [6.45, 7) is 4.79. The zero-order valence-corrected chi connectivity index (χ0v) is 28.0. The first-order chi connectivity index (χ1) is 24.6. The molecule has 0 atom stereocenters. The van der Waals surface area contributed by atoms with E-state index in [9.17, 15) is 0 Å². The van der Waals surface area contributed by atoms with Gasteiger partial charge in [-0.15, -0.1) is 0 Å². The zero-order chi connectivity index (χ0) is 33.1. The Labute approximate surface area is 291 Å². The van der Waals surface area contributed by atoms with Crippen molar-refractivity contribution in [2.75, 3.05) is 0 Å². The van der Waals surface area contributed by atoms with Crippen molar-refractivity contribution in [1.29, 1.82) is 0 Å². The van der Waals surface area contributed by atoms with Gasteiger partial charge in [-0.2, -0.15) is 0 Å². The van der Waals surface area contributed by atoms with Gasteiger partial charge in [0.25, 0.3) is 0 Å². The second-order valence-electron chi connectivity index (χ2n) is 14.5. The summed E-state index contributed by atoms with van der Waals surface area (Å²) in [5, 5.41) is 5.27. The standard InChI is InChI=1S/C49H33N/c1-49(2)44-28-31(30-21-26-47-43(27-30)39-15-8-9-18-46(39)50(47)33-11-4-3-5-12-33)19-22-37(44)38-23-20-32(29-45(38)49)34-24-25-42-36-14-7-6-13-35(36)41-17-10-16-40(34)48(41)42/h3-29H,1-2H3. The van der Waals surface area contributed by atoms with Crippen molar-refractivity contribution in [3.63, 3.8) is 0 Å². The van der Waals surface area contributed by atoms with Crippen LogP contribution in [0, 0.1) is 0 Å². The minimum Gasteiger partial charge on any atom is -0.309 e. The molecule has 0 saturated heterocycles. The predicted molar refractivity (Wildman–Crippen MR) is 211 cm³/mol. The molecule has 1 aromatic heterocycles. The Morgan fingerprint density at radius 1 is 0.360 bits per heavy atom. The highest BCUT2D eigenvalue weighted by atomic mass is 15.0. The molecule has 1 heteroatoms. The maximum absolute atomic E-state index is 2.46. The van der Waals surface area contributed by atoms with E-state index < -0.39 is 0 Å². The first-order valence-electron chi connectivity index (χ1n) is 17.6. The number of fused-ring (bicyclic) bond motifs is 9. The van der Waals surface area contributed by atoms with E-state index >= 15 is 0 Å². The molecule has 0 aliphatic heterocycles. The molecule has 0 fully saturated rings. The van der Waals surface area contributed by atoms with Crippen LogP contribution in [-0.2, 0) is 5.41 Å². The van der Waals surface area contributed by atoms with Gasteiger partial charge < -0.3 is 4.57 Å². The Morgan fingerprint density at radius 2 is 0.900 bits per heavy atom. The third kappa shape index (κ3) is 3.67. The highest BCUT2D eigenvalue weighted by Crippen LogP contribution is 2.53. The molecule has 0 unspecified atom stereocenters. The second-order valence-corrected chi connectivity index (χ2v) is 14.5. The fraction of sp³-hybridized carbons (Fsp3) is 0.0612. The molecular formula is C49H33N. The molecule has 8 aromatic carbocycles. The van der Waals surface area contributed by atoms with Crippen molar-refractivity contribution in [3.8, 4) is 61.3 Å². The molecule has 2 aliphatic carbocycles. The molecule has 0 bridgehead atoms. The summed E-state index contributed by atoms with van der Waals surface area (Å²) in [5.41, 5.74) is 19.5. The van der Waals surface area contributed by atoms with E-state index in [1.54, 1.807) is 0 Å². The molecule has 2 aliphatic rings. The Kier molecular flexibility index (Phi) is 5.51. The van der Waals surface area contributed by atoms with Crippen LogP contribution in [0.2, 0.25) is 0 Å². The number of hydrogen-bond donors (Lipinski definition) is 0. The normalized spacial score (nSPS) is 13.6. The maximum atomic E-state index is 2.46. The first-order valence-corrected chi connectivity index (χ1v) is 17.6. The minimum absolute atomic E-state index is 0.130. The lowest BCUT2D eigenvalue weighted by Crippen LogP contribution is -2.15. The fourth-order valence-corrected chi connectivity index (χ4v) is 9.15. The Hall–Kier alpha value is -6.18. The average molecular weight is 636 g/mol. The number of nitrogens with zero attached hydrogens (tertiary/aromatic N) is 1. The zero-order valence-electron chi connectivity index (χ0n) is 28.0. The number of hydrogen-bond acceptors (Lipinski definition) is 0. The van der Waals surface area contributed by atoms with E-state index in [1.165, 1.54) is 105 Å². The van der Waals surface area contributed by atoms with Crippen LogP contribution in [0.25, 0.3) is 93.9 Å². The molecule has 0 N–H and O–H groups in total. The van der Waals surface area contributed by atoms with Gasteiger partial charge in [0.2, 0.25) is 0 Å². The molecule has 1 nitrogen and oxygen atoms in total. The SMILES string of the molecule is CC1(C)c2cc(-c3ccc4c(c3)c3ccccc3n4-c3ccccc3)ccc2-c2ccc(-c3ccc4c5c(cccc35)-c3ccccc3-4)cc21. The topological polar surface area (TPSA) is 4.93 Å². The van der Waals surface area contributed by atoms with Gasteiger partial charge in [-0.25, -0.2) is 0 Å². The van der Waals surface area contributed by atoms with E-state index in [1.807, 2.05) is 0 Å². The van der Waals surface area contributed by atoms with Gasteiger partial charge in [0.15, 0.2) is 0 Å². The molecule has 0 saturated carbocycles. The van der Waals surface area contributed by atoms with Crippen LogP contribution >= 0.6 is 0 Å². The van der Waals surface area contributed by atoms with Gasteiger partial charge in [0.1, 0.15) is 0 Å². The van der Waals surface area contributed by atoms with E-state index in [4.69, 9.17) is 0 Å². The van der Waals surface area contributed by atoms with E-state index in [2.05, 4.69) is 182 Å². The fourth-order valence-electron chi connectivity index (χ4n) is 9.15. The quantitative estimate of drug-likeness (QED) is 0.182. The highest BCUT2D eigenvalue weighted by molar-refractivity contribution is 6.18. The average Bonchev–Trinajstić information content (AvgIpc) is 3.76. The van der Waals surface area contributed by atoms with Gasteiger partial charge in [0, 0.05) is 21.9 Å². The van der Waals surface area contributed by atoms with Crippen LogP contribution < -0.4 is 0 Å². The number of aromatic nitrogens is 1. The summed E-state index contributed by atoms with van der Waals surface area (Å²) in [7, 11) is 0. The van der Waals surface area contributed by atoms with Crippen molar-refractivity contribution in [1.82, 2.24) is 4.57 Å². The predicted octanol–water partition coefficient (Wildman–Crippen LogP) is 13.2. The number of para-hydroxylation sites is 2. The van der Waals surface area contributed by atoms with Crippen molar-refractivity contribution in [2.45, 2.75) is 19.3 Å². The molecule has 1 heterocycles.